The number of phenolic OH excluding ortho intramolecular Hbond substituents is 1. The lowest BCUT2D eigenvalue weighted by Gasteiger charge is -2.42. The van der Waals surface area contributed by atoms with Crippen LogP contribution >= 0.6 is 0 Å². The van der Waals surface area contributed by atoms with Crippen LogP contribution in [-0.4, -0.2) is 47.0 Å². The Kier molecular flexibility index (Phi) is 5.30. The average molecular weight is 462 g/mol. The summed E-state index contributed by atoms with van der Waals surface area (Å²) < 4.78 is 5.18. The minimum absolute atomic E-state index is 0.0684. The summed E-state index contributed by atoms with van der Waals surface area (Å²) in [6.45, 7) is 3.94. The quantitative estimate of drug-likeness (QED) is 0.420. The number of ether oxygens (including phenoxy) is 1. The molecule has 4 unspecified atom stereocenters. The zero-order valence-corrected chi connectivity index (χ0v) is 19.5. The fourth-order valence-corrected chi connectivity index (χ4v) is 6.16. The summed E-state index contributed by atoms with van der Waals surface area (Å²) in [5.41, 5.74) is 2.72. The van der Waals surface area contributed by atoms with Crippen LogP contribution in [0.25, 0.3) is 0 Å². The fraction of sp³-hybridized carbons (Fsp3) is 0.407. The molecule has 3 aliphatic carbocycles. The van der Waals surface area contributed by atoms with Crippen LogP contribution in [-0.2, 0) is 19.2 Å². The zero-order valence-electron chi connectivity index (χ0n) is 19.5. The molecule has 4 aliphatic rings. The number of fused-ring (bicyclic) bond motifs is 3. The van der Waals surface area contributed by atoms with Crippen LogP contribution in [0.2, 0.25) is 0 Å². The lowest BCUT2D eigenvalue weighted by atomic mass is 9.59. The number of carbonyl (C=O) groups excluding carboxylic acids is 4. The van der Waals surface area contributed by atoms with E-state index in [-0.39, 0.29) is 41.5 Å². The third-order valence-electron chi connectivity index (χ3n) is 7.64. The largest absolute Gasteiger partial charge is 0.504 e. The number of phenols is 1. The van der Waals surface area contributed by atoms with Crippen LogP contribution in [0.3, 0.4) is 0 Å². The number of carbonyl (C=O) groups is 4. The van der Waals surface area contributed by atoms with Crippen LogP contribution in [0, 0.1) is 17.8 Å². The number of methoxy groups -OCH3 is 1. The molecule has 1 fully saturated rings. The molecule has 1 heterocycles. The SMILES string of the molecule is CCCN1C(=O)C2CC=C3C(c4ccc(OC)c(O)c4)C4=C(CC3C2C1=O)C(=O)C(C)=CC4=O. The second-order valence-corrected chi connectivity index (χ2v) is 9.49. The predicted molar refractivity (Wildman–Crippen MR) is 123 cm³/mol. The van der Waals surface area contributed by atoms with Gasteiger partial charge in [-0.1, -0.05) is 24.6 Å². The fourth-order valence-electron chi connectivity index (χ4n) is 6.16. The highest BCUT2D eigenvalue weighted by molar-refractivity contribution is 6.23. The lowest BCUT2D eigenvalue weighted by Crippen LogP contribution is -2.39. The molecule has 0 aromatic heterocycles. The van der Waals surface area contributed by atoms with Crippen molar-refractivity contribution in [2.75, 3.05) is 13.7 Å². The van der Waals surface area contributed by atoms with Gasteiger partial charge in [0, 0.05) is 29.2 Å². The maximum atomic E-state index is 13.4. The van der Waals surface area contributed by atoms with Crippen LogP contribution in [0.4, 0.5) is 0 Å². The molecule has 1 aromatic carbocycles. The van der Waals surface area contributed by atoms with Gasteiger partial charge in [0.05, 0.1) is 18.9 Å². The molecular formula is C27H27NO6. The Balaban J connectivity index is 1.67. The van der Waals surface area contributed by atoms with Crippen LogP contribution in [0.1, 0.15) is 44.6 Å². The standard InChI is InChI=1S/C27H27NO6/c1-4-9-28-26(32)16-7-6-15-17(23(16)27(28)33)12-18-24(20(30)10-13(2)25(18)31)22(15)14-5-8-21(34-3)19(29)11-14/h5-6,8,10-11,16-17,22-23,29H,4,7,9,12H2,1-3H3. The molecule has 7 heteroatoms. The lowest BCUT2D eigenvalue weighted by molar-refractivity contribution is -0.140. The maximum Gasteiger partial charge on any atom is 0.233 e. The van der Waals surface area contributed by atoms with Gasteiger partial charge in [0.25, 0.3) is 0 Å². The van der Waals surface area contributed by atoms with Crippen molar-refractivity contribution in [2.45, 2.75) is 39.0 Å². The van der Waals surface area contributed by atoms with Gasteiger partial charge in [0.2, 0.25) is 11.8 Å². The number of nitrogens with zero attached hydrogens (tertiary/aromatic N) is 1. The smallest absolute Gasteiger partial charge is 0.233 e. The molecule has 0 radical (unpaired) electrons. The molecule has 4 atom stereocenters. The van der Waals surface area contributed by atoms with E-state index in [2.05, 4.69) is 0 Å². The number of hydrogen-bond acceptors (Lipinski definition) is 6. The van der Waals surface area contributed by atoms with E-state index in [1.165, 1.54) is 18.1 Å². The highest BCUT2D eigenvalue weighted by atomic mass is 16.5. The number of imide groups is 1. The summed E-state index contributed by atoms with van der Waals surface area (Å²) >= 11 is 0. The molecule has 1 saturated heterocycles. The summed E-state index contributed by atoms with van der Waals surface area (Å²) in [6.07, 6.45) is 4.71. The minimum Gasteiger partial charge on any atom is -0.504 e. The van der Waals surface area contributed by atoms with Crippen molar-refractivity contribution < 1.29 is 29.0 Å². The second-order valence-electron chi connectivity index (χ2n) is 9.49. The van der Waals surface area contributed by atoms with E-state index in [4.69, 9.17) is 4.74 Å². The number of ketones is 2. The highest BCUT2D eigenvalue weighted by Gasteiger charge is 2.56. The molecule has 34 heavy (non-hydrogen) atoms. The topological polar surface area (TPSA) is 101 Å². The summed E-state index contributed by atoms with van der Waals surface area (Å²) in [6, 6.07) is 4.96. The third kappa shape index (κ3) is 3.10. The number of rotatable bonds is 4. The van der Waals surface area contributed by atoms with Gasteiger partial charge < -0.3 is 9.84 Å². The summed E-state index contributed by atoms with van der Waals surface area (Å²) in [5, 5.41) is 10.5. The van der Waals surface area contributed by atoms with E-state index >= 15 is 0 Å². The molecule has 1 aromatic rings. The Bertz CT molecular complexity index is 1240. The first kappa shape index (κ1) is 22.3. The summed E-state index contributed by atoms with van der Waals surface area (Å²) in [4.78, 5) is 54.2. The normalized spacial score (nSPS) is 28.4. The van der Waals surface area contributed by atoms with Gasteiger partial charge >= 0.3 is 0 Å². The van der Waals surface area contributed by atoms with Gasteiger partial charge in [-0.15, -0.1) is 0 Å². The first-order valence-electron chi connectivity index (χ1n) is 11.7. The predicted octanol–water partition coefficient (Wildman–Crippen LogP) is 3.24. The molecule has 7 nitrogen and oxygen atoms in total. The molecule has 0 bridgehead atoms. The van der Waals surface area contributed by atoms with Crippen molar-refractivity contribution >= 4 is 23.4 Å². The summed E-state index contributed by atoms with van der Waals surface area (Å²) in [7, 11) is 1.46. The molecule has 1 N–H and O–H groups in total. The average Bonchev–Trinajstić information content (AvgIpc) is 3.06. The molecule has 0 saturated carbocycles. The maximum absolute atomic E-state index is 13.4. The Morgan fingerprint density at radius 3 is 2.56 bits per heavy atom. The second kappa shape index (κ2) is 8.08. The third-order valence-corrected chi connectivity index (χ3v) is 7.64. The number of aromatic hydroxyl groups is 1. The van der Waals surface area contributed by atoms with E-state index in [9.17, 15) is 24.3 Å². The first-order valence-corrected chi connectivity index (χ1v) is 11.7. The van der Waals surface area contributed by atoms with E-state index in [1.54, 1.807) is 25.1 Å². The van der Waals surface area contributed by atoms with Gasteiger partial charge in [0.15, 0.2) is 23.1 Å². The number of allylic oxidation sites excluding steroid dienone is 6. The molecule has 1 aliphatic heterocycles. The number of hydrogen-bond donors (Lipinski definition) is 1. The number of likely N-dealkylation sites (tertiary alicyclic amines) is 1. The molecule has 5 rings (SSSR count). The van der Waals surface area contributed by atoms with E-state index in [1.807, 2.05) is 13.0 Å². The number of amides is 2. The Hall–Kier alpha value is -3.48. The number of Topliss-reactive ketones (excluding diaryl/α,β-unsaturated/α-hetero) is 1. The van der Waals surface area contributed by atoms with E-state index < -0.39 is 17.8 Å². The van der Waals surface area contributed by atoms with Crippen molar-refractivity contribution in [3.05, 3.63) is 58.2 Å². The van der Waals surface area contributed by atoms with Crippen molar-refractivity contribution in [3.63, 3.8) is 0 Å². The van der Waals surface area contributed by atoms with Crippen molar-refractivity contribution in [2.24, 2.45) is 17.8 Å². The Labute approximate surface area is 197 Å². The molecular weight excluding hydrogens is 434 g/mol. The summed E-state index contributed by atoms with van der Waals surface area (Å²) in [5.74, 6) is -2.43. The van der Waals surface area contributed by atoms with E-state index in [0.717, 1.165) is 5.57 Å². The van der Waals surface area contributed by atoms with Crippen molar-refractivity contribution in [1.29, 1.82) is 0 Å². The van der Waals surface area contributed by atoms with Crippen LogP contribution < -0.4 is 4.74 Å². The monoisotopic (exact) mass is 461 g/mol. The van der Waals surface area contributed by atoms with Gasteiger partial charge in [-0.25, -0.2) is 0 Å². The number of benzene rings is 1. The van der Waals surface area contributed by atoms with Gasteiger partial charge in [0.1, 0.15) is 0 Å². The van der Waals surface area contributed by atoms with Crippen LogP contribution in [0.5, 0.6) is 11.5 Å². The van der Waals surface area contributed by atoms with Crippen LogP contribution in [0.15, 0.2) is 52.6 Å². The first-order chi connectivity index (χ1) is 16.3. The Morgan fingerprint density at radius 1 is 1.12 bits per heavy atom. The van der Waals surface area contributed by atoms with Gasteiger partial charge in [-0.3, -0.25) is 24.1 Å². The van der Waals surface area contributed by atoms with Gasteiger partial charge in [-0.05, 0) is 55.9 Å². The molecule has 176 valence electrons. The molecule has 0 spiro atoms. The minimum atomic E-state index is -0.574. The highest BCUT2D eigenvalue weighted by Crippen LogP contribution is 2.55. The van der Waals surface area contributed by atoms with Gasteiger partial charge in [-0.2, -0.15) is 0 Å². The van der Waals surface area contributed by atoms with Crippen molar-refractivity contribution in [1.82, 2.24) is 4.90 Å². The molecule has 2 amide bonds. The van der Waals surface area contributed by atoms with E-state index in [0.29, 0.717) is 47.4 Å². The van der Waals surface area contributed by atoms with Crippen molar-refractivity contribution in [3.8, 4) is 11.5 Å². The Morgan fingerprint density at radius 2 is 1.88 bits per heavy atom. The zero-order chi connectivity index (χ0) is 24.3.